The van der Waals surface area contributed by atoms with Gasteiger partial charge in [-0.1, -0.05) is 11.6 Å². The quantitative estimate of drug-likeness (QED) is 0.601. The van der Waals surface area contributed by atoms with Gasteiger partial charge in [0.1, 0.15) is 6.42 Å². The SMILES string of the molecule is COC(=O)c1ccc(Cl)c(NC(=O)CC(=O)Nc2ccc3c(c2)OCO3)c1. The van der Waals surface area contributed by atoms with Crippen LogP contribution >= 0.6 is 11.6 Å². The number of esters is 1. The Kier molecular flexibility index (Phi) is 5.46. The molecule has 2 aromatic carbocycles. The Hall–Kier alpha value is -3.26. The van der Waals surface area contributed by atoms with E-state index >= 15 is 0 Å². The molecule has 0 radical (unpaired) electrons. The molecule has 0 bridgehead atoms. The summed E-state index contributed by atoms with van der Waals surface area (Å²) in [7, 11) is 1.25. The molecule has 140 valence electrons. The number of amides is 2. The molecule has 9 heteroatoms. The van der Waals surface area contributed by atoms with Crippen LogP contribution in [0.1, 0.15) is 16.8 Å². The van der Waals surface area contributed by atoms with Gasteiger partial charge >= 0.3 is 5.97 Å². The molecule has 2 aromatic rings. The molecule has 0 unspecified atom stereocenters. The number of benzene rings is 2. The molecule has 0 spiro atoms. The van der Waals surface area contributed by atoms with Crippen molar-refractivity contribution in [3.05, 3.63) is 47.0 Å². The normalized spacial score (nSPS) is 11.6. The van der Waals surface area contributed by atoms with Gasteiger partial charge in [0.25, 0.3) is 0 Å². The number of anilines is 2. The number of ether oxygens (including phenoxy) is 3. The zero-order chi connectivity index (χ0) is 19.4. The zero-order valence-electron chi connectivity index (χ0n) is 14.2. The second-order valence-corrected chi connectivity index (χ2v) is 5.93. The van der Waals surface area contributed by atoms with Gasteiger partial charge in [-0.25, -0.2) is 4.79 Å². The van der Waals surface area contributed by atoms with Crippen molar-refractivity contribution >= 4 is 40.8 Å². The molecule has 0 atom stereocenters. The van der Waals surface area contributed by atoms with E-state index < -0.39 is 24.2 Å². The Morgan fingerprint density at radius 1 is 1.04 bits per heavy atom. The first-order chi connectivity index (χ1) is 13.0. The predicted molar refractivity (Wildman–Crippen MR) is 97.2 cm³/mol. The van der Waals surface area contributed by atoms with Crippen molar-refractivity contribution in [1.29, 1.82) is 0 Å². The molecule has 0 aromatic heterocycles. The van der Waals surface area contributed by atoms with Crippen LogP contribution in [-0.2, 0) is 14.3 Å². The molecule has 2 N–H and O–H groups in total. The molecule has 3 rings (SSSR count). The summed E-state index contributed by atoms with van der Waals surface area (Å²) in [6.07, 6.45) is -0.437. The summed E-state index contributed by atoms with van der Waals surface area (Å²) in [5.41, 5.74) is 0.908. The van der Waals surface area contributed by atoms with E-state index in [1.165, 1.54) is 25.3 Å². The molecule has 2 amide bonds. The predicted octanol–water partition coefficient (Wildman–Crippen LogP) is 2.82. The lowest BCUT2D eigenvalue weighted by Gasteiger charge is -2.09. The van der Waals surface area contributed by atoms with E-state index in [-0.39, 0.29) is 23.1 Å². The van der Waals surface area contributed by atoms with Gasteiger partial charge in [0, 0.05) is 11.8 Å². The van der Waals surface area contributed by atoms with E-state index in [4.69, 9.17) is 21.1 Å². The topological polar surface area (TPSA) is 103 Å². The molecular formula is C18H15ClN2O6. The van der Waals surface area contributed by atoms with Crippen molar-refractivity contribution in [3.8, 4) is 11.5 Å². The minimum atomic E-state index is -0.586. The molecule has 1 aliphatic rings. The first-order valence-corrected chi connectivity index (χ1v) is 8.21. The van der Waals surface area contributed by atoms with Crippen LogP contribution in [0.5, 0.6) is 11.5 Å². The van der Waals surface area contributed by atoms with E-state index in [9.17, 15) is 14.4 Å². The molecule has 0 saturated heterocycles. The van der Waals surface area contributed by atoms with Crippen LogP contribution in [0.15, 0.2) is 36.4 Å². The van der Waals surface area contributed by atoms with Crippen LogP contribution < -0.4 is 20.1 Å². The highest BCUT2D eigenvalue weighted by Crippen LogP contribution is 2.34. The Bertz CT molecular complexity index is 915. The summed E-state index contributed by atoms with van der Waals surface area (Å²) in [6, 6.07) is 9.21. The zero-order valence-corrected chi connectivity index (χ0v) is 15.0. The lowest BCUT2D eigenvalue weighted by molar-refractivity contribution is -0.123. The third-order valence-corrected chi connectivity index (χ3v) is 3.97. The Morgan fingerprint density at radius 2 is 1.78 bits per heavy atom. The van der Waals surface area contributed by atoms with Gasteiger partial charge in [-0.15, -0.1) is 0 Å². The number of carbonyl (C=O) groups excluding carboxylic acids is 3. The van der Waals surface area contributed by atoms with Gasteiger partial charge in [0.15, 0.2) is 11.5 Å². The highest BCUT2D eigenvalue weighted by atomic mass is 35.5. The van der Waals surface area contributed by atoms with Gasteiger partial charge < -0.3 is 24.8 Å². The standard InChI is InChI=1S/C18H15ClN2O6/c1-25-18(24)10-2-4-12(19)13(6-10)21-17(23)8-16(22)20-11-3-5-14-15(7-11)27-9-26-14/h2-7H,8-9H2,1H3,(H,20,22)(H,21,23). The van der Waals surface area contributed by atoms with Gasteiger partial charge in [-0.05, 0) is 30.3 Å². The fourth-order valence-electron chi connectivity index (χ4n) is 2.39. The van der Waals surface area contributed by atoms with Gasteiger partial charge in [-0.2, -0.15) is 0 Å². The second kappa shape index (κ2) is 7.96. The first-order valence-electron chi connectivity index (χ1n) is 7.83. The average molecular weight is 391 g/mol. The molecule has 0 fully saturated rings. The molecule has 1 aliphatic heterocycles. The number of rotatable bonds is 5. The van der Waals surface area contributed by atoms with E-state index in [2.05, 4.69) is 15.4 Å². The van der Waals surface area contributed by atoms with Gasteiger partial charge in [0.05, 0.1) is 23.4 Å². The van der Waals surface area contributed by atoms with Crippen molar-refractivity contribution < 1.29 is 28.6 Å². The van der Waals surface area contributed by atoms with Crippen LogP contribution in [0.25, 0.3) is 0 Å². The van der Waals surface area contributed by atoms with Crippen molar-refractivity contribution in [2.45, 2.75) is 6.42 Å². The maximum Gasteiger partial charge on any atom is 0.337 e. The van der Waals surface area contributed by atoms with Crippen LogP contribution in [0.4, 0.5) is 11.4 Å². The Balaban J connectivity index is 1.60. The summed E-state index contributed by atoms with van der Waals surface area (Å²) in [5.74, 6) is -0.569. The van der Waals surface area contributed by atoms with Crippen molar-refractivity contribution in [1.82, 2.24) is 0 Å². The molecule has 0 aliphatic carbocycles. The first kappa shape index (κ1) is 18.5. The molecule has 27 heavy (non-hydrogen) atoms. The van der Waals surface area contributed by atoms with Crippen molar-refractivity contribution in [3.63, 3.8) is 0 Å². The number of nitrogens with one attached hydrogen (secondary N) is 2. The van der Waals surface area contributed by atoms with Crippen LogP contribution in [0.3, 0.4) is 0 Å². The summed E-state index contributed by atoms with van der Waals surface area (Å²) >= 11 is 6.02. The van der Waals surface area contributed by atoms with Gasteiger partial charge in [-0.3, -0.25) is 9.59 Å². The minimum absolute atomic E-state index is 0.126. The van der Waals surface area contributed by atoms with E-state index in [1.54, 1.807) is 18.2 Å². The monoisotopic (exact) mass is 390 g/mol. The highest BCUT2D eigenvalue weighted by Gasteiger charge is 2.16. The number of hydrogen-bond donors (Lipinski definition) is 2. The Morgan fingerprint density at radius 3 is 2.56 bits per heavy atom. The third-order valence-electron chi connectivity index (χ3n) is 3.64. The van der Waals surface area contributed by atoms with E-state index in [0.717, 1.165) is 0 Å². The van der Waals surface area contributed by atoms with Crippen molar-refractivity contribution in [2.75, 3.05) is 24.5 Å². The number of carbonyl (C=O) groups is 3. The summed E-state index contributed by atoms with van der Waals surface area (Å²) in [4.78, 5) is 35.7. The fourth-order valence-corrected chi connectivity index (χ4v) is 2.55. The fraction of sp³-hybridized carbons (Fsp3) is 0.167. The highest BCUT2D eigenvalue weighted by molar-refractivity contribution is 6.34. The maximum absolute atomic E-state index is 12.1. The lowest BCUT2D eigenvalue weighted by Crippen LogP contribution is -2.21. The summed E-state index contributed by atoms with van der Waals surface area (Å²) in [5, 5.41) is 5.33. The molecule has 0 saturated carbocycles. The number of fused-ring (bicyclic) bond motifs is 1. The van der Waals surface area contributed by atoms with Crippen molar-refractivity contribution in [2.24, 2.45) is 0 Å². The molecular weight excluding hydrogens is 376 g/mol. The number of hydrogen-bond acceptors (Lipinski definition) is 6. The Labute approximate surface area is 159 Å². The number of halogens is 1. The largest absolute Gasteiger partial charge is 0.465 e. The lowest BCUT2D eigenvalue weighted by atomic mass is 10.2. The minimum Gasteiger partial charge on any atom is -0.465 e. The average Bonchev–Trinajstić information content (AvgIpc) is 3.10. The maximum atomic E-state index is 12.1. The van der Waals surface area contributed by atoms with E-state index in [0.29, 0.717) is 17.2 Å². The summed E-state index contributed by atoms with van der Waals surface area (Å²) < 4.78 is 15.0. The van der Waals surface area contributed by atoms with Gasteiger partial charge in [0.2, 0.25) is 18.6 Å². The van der Waals surface area contributed by atoms with Crippen LogP contribution in [-0.4, -0.2) is 31.7 Å². The second-order valence-electron chi connectivity index (χ2n) is 5.53. The molecule has 1 heterocycles. The van der Waals surface area contributed by atoms with E-state index in [1.807, 2.05) is 0 Å². The third kappa shape index (κ3) is 4.48. The van der Waals surface area contributed by atoms with Crippen LogP contribution in [0.2, 0.25) is 5.02 Å². The molecule has 8 nitrogen and oxygen atoms in total. The number of methoxy groups -OCH3 is 1. The summed E-state index contributed by atoms with van der Waals surface area (Å²) in [6.45, 7) is 0.126. The smallest absolute Gasteiger partial charge is 0.337 e. The van der Waals surface area contributed by atoms with Crippen LogP contribution in [0, 0.1) is 0 Å².